The number of carbonyl (C=O) groups is 1. The molecule has 1 aromatic carbocycles. The highest BCUT2D eigenvalue weighted by Gasteiger charge is 2.40. The van der Waals surface area contributed by atoms with E-state index in [1.807, 2.05) is 0 Å². The Hall–Kier alpha value is -2.59. The van der Waals surface area contributed by atoms with E-state index in [1.54, 1.807) is 33.8 Å². The zero-order valence-electron chi connectivity index (χ0n) is 19.9. The van der Waals surface area contributed by atoms with Gasteiger partial charge in [-0.05, 0) is 37.3 Å². The van der Waals surface area contributed by atoms with Gasteiger partial charge < -0.3 is 15.9 Å². The van der Waals surface area contributed by atoms with E-state index in [1.165, 1.54) is 19.9 Å². The molecular formula is C22H29FN4O5S2. The number of amides is 2. The molecule has 0 saturated heterocycles. The van der Waals surface area contributed by atoms with E-state index in [0.29, 0.717) is 15.6 Å². The molecule has 34 heavy (non-hydrogen) atoms. The SMILES string of the molecule is CC(C)c1cc(C#N)c(F)c(C(C)C)c1N(C(N)=O)S(=O)(=O)c1sc(C(C)(C)O)nc1CCO. The van der Waals surface area contributed by atoms with Gasteiger partial charge in [0.1, 0.15) is 22.5 Å². The van der Waals surface area contributed by atoms with Crippen LogP contribution in [-0.2, 0) is 22.0 Å². The van der Waals surface area contributed by atoms with E-state index in [2.05, 4.69) is 4.98 Å². The first-order valence-electron chi connectivity index (χ1n) is 10.5. The van der Waals surface area contributed by atoms with Gasteiger partial charge in [-0.3, -0.25) is 0 Å². The fourth-order valence-corrected chi connectivity index (χ4v) is 6.48. The van der Waals surface area contributed by atoms with E-state index in [0.717, 1.165) is 0 Å². The van der Waals surface area contributed by atoms with Crippen LogP contribution in [0.5, 0.6) is 0 Å². The zero-order valence-corrected chi connectivity index (χ0v) is 21.5. The van der Waals surface area contributed by atoms with Crippen molar-refractivity contribution in [1.82, 2.24) is 4.98 Å². The Bertz CT molecular complexity index is 1240. The molecule has 0 aliphatic rings. The van der Waals surface area contributed by atoms with Crippen molar-refractivity contribution in [3.63, 3.8) is 0 Å². The van der Waals surface area contributed by atoms with Gasteiger partial charge >= 0.3 is 6.03 Å². The Balaban J connectivity index is 3.01. The van der Waals surface area contributed by atoms with E-state index in [9.17, 15) is 28.7 Å². The normalized spacial score (nSPS) is 12.3. The van der Waals surface area contributed by atoms with Gasteiger partial charge in [0.05, 0.1) is 16.9 Å². The summed E-state index contributed by atoms with van der Waals surface area (Å²) >= 11 is 0.638. The van der Waals surface area contributed by atoms with Crippen LogP contribution in [0.15, 0.2) is 10.3 Å². The highest BCUT2D eigenvalue weighted by atomic mass is 32.2. The Kier molecular flexibility index (Phi) is 8.09. The average Bonchev–Trinajstić information content (AvgIpc) is 3.13. The number of nitriles is 1. The summed E-state index contributed by atoms with van der Waals surface area (Å²) in [4.78, 5) is 16.8. The Morgan fingerprint density at radius 3 is 2.32 bits per heavy atom. The van der Waals surface area contributed by atoms with Crippen LogP contribution < -0.4 is 10.0 Å². The summed E-state index contributed by atoms with van der Waals surface area (Å²) in [5.74, 6) is -1.94. The molecule has 1 aromatic heterocycles. The van der Waals surface area contributed by atoms with Gasteiger partial charge in [0.25, 0.3) is 10.0 Å². The Morgan fingerprint density at radius 1 is 1.32 bits per heavy atom. The molecule has 0 bridgehead atoms. The minimum absolute atomic E-state index is 0.0535. The molecule has 4 N–H and O–H groups in total. The number of hydrogen-bond acceptors (Lipinski definition) is 8. The number of carbonyl (C=O) groups excluding carboxylic acids is 1. The van der Waals surface area contributed by atoms with Crippen molar-refractivity contribution in [3.05, 3.63) is 39.3 Å². The van der Waals surface area contributed by atoms with Crippen molar-refractivity contribution in [3.8, 4) is 6.07 Å². The van der Waals surface area contributed by atoms with Gasteiger partial charge in [0, 0.05) is 18.6 Å². The molecule has 0 aliphatic carbocycles. The van der Waals surface area contributed by atoms with Crippen molar-refractivity contribution in [2.75, 3.05) is 10.9 Å². The van der Waals surface area contributed by atoms with Gasteiger partial charge in [-0.15, -0.1) is 11.3 Å². The summed E-state index contributed by atoms with van der Waals surface area (Å²) in [5.41, 5.74) is 3.61. The van der Waals surface area contributed by atoms with Crippen LogP contribution in [0.2, 0.25) is 0 Å². The van der Waals surface area contributed by atoms with Crippen LogP contribution in [0.4, 0.5) is 14.9 Å². The number of nitrogens with two attached hydrogens (primary N) is 1. The van der Waals surface area contributed by atoms with Crippen LogP contribution in [0, 0.1) is 17.1 Å². The average molecular weight is 513 g/mol. The molecule has 2 amide bonds. The van der Waals surface area contributed by atoms with E-state index in [4.69, 9.17) is 5.73 Å². The van der Waals surface area contributed by atoms with Crippen molar-refractivity contribution >= 4 is 33.1 Å². The molecule has 0 radical (unpaired) electrons. The lowest BCUT2D eigenvalue weighted by atomic mass is 9.89. The molecule has 186 valence electrons. The molecule has 0 aliphatic heterocycles. The van der Waals surface area contributed by atoms with Crippen molar-refractivity contribution < 1.29 is 27.8 Å². The fourth-order valence-electron chi connectivity index (χ4n) is 3.46. The number of thiazole rings is 1. The molecule has 0 saturated carbocycles. The fraction of sp³-hybridized carbons (Fsp3) is 0.500. The van der Waals surface area contributed by atoms with Crippen LogP contribution >= 0.6 is 11.3 Å². The van der Waals surface area contributed by atoms with E-state index >= 15 is 4.39 Å². The minimum atomic E-state index is -4.75. The number of sulfonamides is 1. The number of anilines is 1. The standard InChI is InChI=1S/C22H29FN4O5S2/c1-11(2)14-9-13(10-24)17(23)16(12(3)4)18(14)27(21(25)29)34(31,32)19-15(7-8-28)26-20(33-19)22(5,6)30/h9,11-12,28,30H,7-8H2,1-6H3,(H2,25,29). The van der Waals surface area contributed by atoms with Gasteiger partial charge in [0.2, 0.25) is 0 Å². The number of primary amides is 1. The number of rotatable bonds is 8. The third-order valence-electron chi connectivity index (χ3n) is 5.03. The van der Waals surface area contributed by atoms with Crippen LogP contribution in [0.25, 0.3) is 0 Å². The van der Waals surface area contributed by atoms with Crippen molar-refractivity contribution in [2.45, 2.75) is 69.6 Å². The predicted molar refractivity (Wildman–Crippen MR) is 127 cm³/mol. The number of halogens is 1. The van der Waals surface area contributed by atoms with E-state index in [-0.39, 0.29) is 39.5 Å². The van der Waals surface area contributed by atoms with Crippen LogP contribution in [-0.4, -0.2) is 36.3 Å². The highest BCUT2D eigenvalue weighted by molar-refractivity contribution is 7.95. The maximum absolute atomic E-state index is 15.3. The zero-order chi connectivity index (χ0) is 26.2. The van der Waals surface area contributed by atoms with Crippen molar-refractivity contribution in [1.29, 1.82) is 5.26 Å². The lowest BCUT2D eigenvalue weighted by Crippen LogP contribution is -2.42. The number of aliphatic hydroxyl groups is 2. The van der Waals surface area contributed by atoms with Crippen molar-refractivity contribution in [2.24, 2.45) is 5.73 Å². The summed E-state index contributed by atoms with van der Waals surface area (Å²) < 4.78 is 43.0. The summed E-state index contributed by atoms with van der Waals surface area (Å²) in [6.07, 6.45) is -0.163. The first-order valence-corrected chi connectivity index (χ1v) is 12.8. The molecule has 0 atom stereocenters. The second-order valence-electron chi connectivity index (χ2n) is 8.90. The summed E-state index contributed by atoms with van der Waals surface area (Å²) in [6.45, 7) is 9.04. The largest absolute Gasteiger partial charge is 0.396 e. The number of nitrogens with zero attached hydrogens (tertiary/aromatic N) is 3. The van der Waals surface area contributed by atoms with Crippen LogP contribution in [0.3, 0.4) is 0 Å². The summed E-state index contributed by atoms with van der Waals surface area (Å²) in [7, 11) is -4.75. The molecule has 0 spiro atoms. The first-order chi connectivity index (χ1) is 15.6. The number of aromatic nitrogens is 1. The maximum Gasteiger partial charge on any atom is 0.333 e. The van der Waals surface area contributed by atoms with Gasteiger partial charge in [0.15, 0.2) is 4.21 Å². The molecule has 9 nitrogen and oxygen atoms in total. The summed E-state index contributed by atoms with van der Waals surface area (Å²) in [5, 5.41) is 29.3. The lowest BCUT2D eigenvalue weighted by Gasteiger charge is -2.28. The molecule has 2 aromatic rings. The Labute approximate surface area is 202 Å². The molecule has 2 rings (SSSR count). The monoisotopic (exact) mass is 512 g/mol. The molecular weight excluding hydrogens is 483 g/mol. The smallest absolute Gasteiger partial charge is 0.333 e. The highest BCUT2D eigenvalue weighted by Crippen LogP contribution is 2.42. The first kappa shape index (κ1) is 27.7. The molecule has 0 fully saturated rings. The second kappa shape index (κ2) is 9.95. The van der Waals surface area contributed by atoms with Crippen LogP contribution in [0.1, 0.15) is 80.8 Å². The number of benzene rings is 1. The minimum Gasteiger partial charge on any atom is -0.396 e. The topological polar surface area (TPSA) is 158 Å². The number of aliphatic hydroxyl groups excluding tert-OH is 1. The number of hydrogen-bond donors (Lipinski definition) is 3. The Morgan fingerprint density at radius 2 is 1.91 bits per heavy atom. The quantitative estimate of drug-likeness (QED) is 0.489. The third kappa shape index (κ3) is 5.07. The molecule has 0 unspecified atom stereocenters. The summed E-state index contributed by atoms with van der Waals surface area (Å²) in [6, 6.07) is 1.62. The second-order valence-corrected chi connectivity index (χ2v) is 11.9. The van der Waals surface area contributed by atoms with Gasteiger partial charge in [-0.25, -0.2) is 14.2 Å². The van der Waals surface area contributed by atoms with Gasteiger partial charge in [-0.2, -0.15) is 18.0 Å². The third-order valence-corrected chi connectivity index (χ3v) is 8.67. The molecule has 12 heteroatoms. The van der Waals surface area contributed by atoms with Gasteiger partial charge in [-0.1, -0.05) is 27.7 Å². The lowest BCUT2D eigenvalue weighted by molar-refractivity contribution is 0.0780. The maximum atomic E-state index is 15.3. The molecule has 1 heterocycles. The number of urea groups is 1. The van der Waals surface area contributed by atoms with E-state index < -0.39 is 50.1 Å². The predicted octanol–water partition coefficient (Wildman–Crippen LogP) is 3.44.